The first-order valence-corrected chi connectivity index (χ1v) is 21.7. The number of pyridine rings is 3. The van der Waals surface area contributed by atoms with Crippen LogP contribution in [0.3, 0.4) is 0 Å². The molecule has 20 heteroatoms. The number of carboxylic acids is 1. The van der Waals surface area contributed by atoms with Crippen molar-refractivity contribution < 1.29 is 56.7 Å². The van der Waals surface area contributed by atoms with E-state index in [9.17, 15) is 37.9 Å². The van der Waals surface area contributed by atoms with Crippen LogP contribution in [-0.2, 0) is 22.3 Å². The van der Waals surface area contributed by atoms with E-state index in [0.717, 1.165) is 6.07 Å². The number of nitrogen functional groups attached to an aromatic ring is 1. The molecule has 1 atom stereocenters. The normalized spacial score (nSPS) is 11.1. The van der Waals surface area contributed by atoms with Crippen LogP contribution in [0.1, 0.15) is 108 Å². The summed E-state index contributed by atoms with van der Waals surface area (Å²) in [5, 5.41) is 32.1. The van der Waals surface area contributed by atoms with Crippen LogP contribution >= 0.6 is 0 Å². The van der Waals surface area contributed by atoms with E-state index in [-0.39, 0.29) is 70.2 Å². The van der Waals surface area contributed by atoms with Crippen molar-refractivity contribution in [2.24, 2.45) is 0 Å². The van der Waals surface area contributed by atoms with Crippen molar-refractivity contribution in [3.63, 3.8) is 0 Å². The minimum Gasteiger partial charge on any atom is -0.505 e. The van der Waals surface area contributed by atoms with E-state index in [2.05, 4.69) is 30.2 Å². The minimum absolute atomic E-state index is 0.0337. The van der Waals surface area contributed by atoms with Gasteiger partial charge >= 0.3 is 17.9 Å². The zero-order valence-electron chi connectivity index (χ0n) is 38.7. The van der Waals surface area contributed by atoms with E-state index in [1.165, 1.54) is 48.8 Å². The zero-order valence-corrected chi connectivity index (χ0v) is 38.7. The molecule has 0 aliphatic rings. The number of ether oxygens (including phenoxy) is 4. The van der Waals surface area contributed by atoms with Gasteiger partial charge in [-0.3, -0.25) is 0 Å². The summed E-state index contributed by atoms with van der Waals surface area (Å²) in [6.45, 7) is 13.4. The second-order valence-electron chi connectivity index (χ2n) is 14.5. The number of nitrogens with two attached hydrogens (primary N) is 1. The number of nitrogens with one attached hydrogen (secondary N) is 1. The molecule has 0 fully saturated rings. The molecule has 5 N–H and O–H groups in total. The van der Waals surface area contributed by atoms with Gasteiger partial charge in [-0.2, -0.15) is 5.26 Å². The van der Waals surface area contributed by atoms with E-state index in [4.69, 9.17) is 29.8 Å². The van der Waals surface area contributed by atoms with Gasteiger partial charge in [-0.15, -0.1) is 0 Å². The van der Waals surface area contributed by atoms with Crippen molar-refractivity contribution in [3.8, 4) is 23.3 Å². The van der Waals surface area contributed by atoms with Crippen LogP contribution in [0.4, 0.5) is 24.8 Å². The second kappa shape index (κ2) is 23.4. The van der Waals surface area contributed by atoms with Gasteiger partial charge in [0.05, 0.1) is 60.4 Å². The first-order valence-electron chi connectivity index (χ1n) is 21.7. The van der Waals surface area contributed by atoms with Crippen molar-refractivity contribution in [2.45, 2.75) is 67.3 Å². The Morgan fingerprint density at radius 1 is 0.696 bits per heavy atom. The van der Waals surface area contributed by atoms with Crippen LogP contribution in [0.25, 0.3) is 32.7 Å². The maximum atomic E-state index is 14.0. The average molecular weight is 951 g/mol. The van der Waals surface area contributed by atoms with Gasteiger partial charge in [0.25, 0.3) is 0 Å². The lowest BCUT2D eigenvalue weighted by molar-refractivity contribution is 0.0514. The number of anilines is 2. The standard InChI is InChI=1S/C21H21FN6O3.C16H18FNO3.C12H10FNO3/c1-4-30-18-16(21(29)31-5-2)13-8-12(22)6-7-15(13)28-17(18)11(3)27-20-14(9-23)19(24)25-10-26-20;1-4-12-15(20-5-2)14(16(19)21-6-3)11-9-10(17)7-8-13(11)18-12;1-2-8-11(15)10(12(16)17)7-5-6(13)3-4-9(7)14-8/h6-8,10-11H,4-5H2,1-3H3,(H3,24,25,26,27);7-9H,4-6H2,1-3H3;3-5,15H,2H2,1H3,(H,16,17). The molecular weight excluding hydrogens is 902 g/mol. The van der Waals surface area contributed by atoms with Crippen molar-refractivity contribution in [3.05, 3.63) is 118 Å². The van der Waals surface area contributed by atoms with Gasteiger partial charge in [-0.25, -0.2) is 52.5 Å². The van der Waals surface area contributed by atoms with E-state index in [0.29, 0.717) is 64.2 Å². The fourth-order valence-corrected chi connectivity index (χ4v) is 7.07. The molecule has 1 unspecified atom stereocenters. The van der Waals surface area contributed by atoms with Crippen molar-refractivity contribution >= 4 is 62.3 Å². The monoisotopic (exact) mass is 950 g/mol. The Labute approximate surface area is 394 Å². The van der Waals surface area contributed by atoms with Gasteiger partial charge in [0, 0.05) is 16.2 Å². The molecule has 69 heavy (non-hydrogen) atoms. The molecule has 0 spiro atoms. The van der Waals surface area contributed by atoms with Crippen molar-refractivity contribution in [2.75, 3.05) is 37.5 Å². The predicted octanol–water partition coefficient (Wildman–Crippen LogP) is 9.22. The van der Waals surface area contributed by atoms with Crippen LogP contribution < -0.4 is 20.5 Å². The summed E-state index contributed by atoms with van der Waals surface area (Å²) in [5.41, 5.74) is 8.50. The molecule has 7 rings (SSSR count). The number of benzene rings is 3. The topological polar surface area (TPSA) is 255 Å². The molecular formula is C49H49F3N8O9. The number of rotatable bonds is 14. The highest BCUT2D eigenvalue weighted by Gasteiger charge is 2.28. The number of aromatic carboxylic acids is 1. The molecule has 360 valence electrons. The molecule has 0 saturated heterocycles. The fourth-order valence-electron chi connectivity index (χ4n) is 7.07. The number of halogens is 3. The van der Waals surface area contributed by atoms with Crippen LogP contribution in [-0.4, -0.2) is 79.5 Å². The smallest absolute Gasteiger partial charge is 0.342 e. The first-order chi connectivity index (χ1) is 33.1. The number of carboxylic acid groups (broad SMARTS) is 1. The summed E-state index contributed by atoms with van der Waals surface area (Å²) in [7, 11) is 0. The fraction of sp³-hybridized carbons (Fsp3) is 0.286. The Morgan fingerprint density at radius 3 is 1.62 bits per heavy atom. The Bertz CT molecular complexity index is 3100. The summed E-state index contributed by atoms with van der Waals surface area (Å²) >= 11 is 0. The highest BCUT2D eigenvalue weighted by Crippen LogP contribution is 2.37. The molecule has 4 aromatic heterocycles. The third kappa shape index (κ3) is 11.6. The zero-order chi connectivity index (χ0) is 50.5. The number of carbonyl (C=O) groups excluding carboxylic acids is 2. The third-order valence-corrected chi connectivity index (χ3v) is 10.1. The average Bonchev–Trinajstić information content (AvgIpc) is 3.31. The summed E-state index contributed by atoms with van der Waals surface area (Å²) in [6, 6.07) is 13.2. The van der Waals surface area contributed by atoms with Crippen LogP contribution in [0, 0.1) is 28.8 Å². The highest BCUT2D eigenvalue weighted by molar-refractivity contribution is 6.08. The molecule has 0 saturated carbocycles. The Morgan fingerprint density at radius 2 is 1.16 bits per heavy atom. The van der Waals surface area contributed by atoms with Gasteiger partial charge in [0.1, 0.15) is 69.4 Å². The number of fused-ring (bicyclic) bond motifs is 3. The Kier molecular flexibility index (Phi) is 17.5. The summed E-state index contributed by atoms with van der Waals surface area (Å²) < 4.78 is 62.3. The maximum absolute atomic E-state index is 14.0. The third-order valence-electron chi connectivity index (χ3n) is 10.1. The van der Waals surface area contributed by atoms with E-state index < -0.39 is 47.2 Å². The molecule has 0 bridgehead atoms. The van der Waals surface area contributed by atoms with Gasteiger partial charge in [-0.05, 0) is 102 Å². The van der Waals surface area contributed by atoms with Gasteiger partial charge in [0.2, 0.25) is 0 Å². The predicted molar refractivity (Wildman–Crippen MR) is 250 cm³/mol. The lowest BCUT2D eigenvalue weighted by Gasteiger charge is -2.21. The molecule has 4 heterocycles. The van der Waals surface area contributed by atoms with Crippen LogP contribution in [0.15, 0.2) is 60.9 Å². The molecule has 7 aromatic rings. The lowest BCUT2D eigenvalue weighted by Crippen LogP contribution is -2.17. The first kappa shape index (κ1) is 51.6. The van der Waals surface area contributed by atoms with Gasteiger partial charge < -0.3 is 40.2 Å². The molecule has 17 nitrogen and oxygen atoms in total. The van der Waals surface area contributed by atoms with Crippen LogP contribution in [0.2, 0.25) is 0 Å². The SMILES string of the molecule is CCOC(=O)c1c(OCC)c(C(C)Nc2ncnc(N)c2C#N)nc2ccc(F)cc12.CCOC(=O)c1c(OCC)c(CC)nc2ccc(F)cc12.CCc1nc2ccc(F)cc2c(C(=O)O)c1O. The van der Waals surface area contributed by atoms with Gasteiger partial charge in [-0.1, -0.05) is 13.8 Å². The number of aromatic nitrogens is 5. The minimum atomic E-state index is -1.30. The summed E-state index contributed by atoms with van der Waals surface area (Å²) in [5.74, 6) is -3.57. The number of nitrogens with zero attached hydrogens (tertiary/aromatic N) is 6. The van der Waals surface area contributed by atoms with Crippen molar-refractivity contribution in [1.82, 2.24) is 24.9 Å². The summed E-state index contributed by atoms with van der Waals surface area (Å²) in [4.78, 5) is 57.2. The van der Waals surface area contributed by atoms with E-state index in [1.807, 2.05) is 19.9 Å². The number of hydrogen-bond donors (Lipinski definition) is 4. The number of carbonyl (C=O) groups is 3. The van der Waals surface area contributed by atoms with E-state index in [1.54, 1.807) is 40.7 Å². The molecule has 3 aromatic carbocycles. The van der Waals surface area contributed by atoms with Crippen molar-refractivity contribution in [1.29, 1.82) is 5.26 Å². The summed E-state index contributed by atoms with van der Waals surface area (Å²) in [6.07, 6.45) is 2.24. The molecule has 0 aliphatic carbocycles. The largest absolute Gasteiger partial charge is 0.505 e. The molecule has 0 aliphatic heterocycles. The van der Waals surface area contributed by atoms with E-state index >= 15 is 0 Å². The number of aromatic hydroxyl groups is 1. The van der Waals surface area contributed by atoms with Crippen LogP contribution in [0.5, 0.6) is 17.2 Å². The number of hydrogen-bond acceptors (Lipinski definition) is 16. The number of esters is 2. The van der Waals surface area contributed by atoms with Gasteiger partial charge in [0.15, 0.2) is 17.2 Å². The quantitative estimate of drug-likeness (QED) is 0.0741. The number of nitriles is 1. The number of aryl methyl sites for hydroxylation is 2. The lowest BCUT2D eigenvalue weighted by atomic mass is 10.0. The molecule has 0 radical (unpaired) electrons. The Balaban J connectivity index is 0.000000204. The second-order valence-corrected chi connectivity index (χ2v) is 14.5. The maximum Gasteiger partial charge on any atom is 0.342 e. The Hall–Kier alpha value is -8.34. The molecule has 0 amide bonds. The highest BCUT2D eigenvalue weighted by atomic mass is 19.1.